The van der Waals surface area contributed by atoms with Crippen LogP contribution in [0.25, 0.3) is 32.9 Å². The lowest BCUT2D eigenvalue weighted by atomic mass is 10.0. The number of fused-ring (bicyclic) bond motifs is 3. The van der Waals surface area contributed by atoms with Gasteiger partial charge in [-0.2, -0.15) is 0 Å². The Morgan fingerprint density at radius 1 is 0.682 bits per heavy atom. The van der Waals surface area contributed by atoms with Crippen LogP contribution in [0.4, 0.5) is 0 Å². The number of hydrogen-bond donors (Lipinski definition) is 0. The number of benzene rings is 3. The first-order valence-corrected chi connectivity index (χ1v) is 7.58. The van der Waals surface area contributed by atoms with Crippen molar-refractivity contribution < 1.29 is 0 Å². The molecule has 0 aliphatic rings. The third-order valence-corrected chi connectivity index (χ3v) is 4.10. The predicted octanol–water partition coefficient (Wildman–Crippen LogP) is 5.67. The van der Waals surface area contributed by atoms with E-state index in [1.165, 1.54) is 32.8 Å². The van der Waals surface area contributed by atoms with Gasteiger partial charge in [0, 0.05) is 16.3 Å². The maximum atomic E-state index is 4.96. The number of aryl methyl sites for hydroxylation is 2. The summed E-state index contributed by atoms with van der Waals surface area (Å²) in [5.41, 5.74) is 5.85. The molecule has 0 amide bonds. The SMILES string of the molecule is Cc1cc(C)cc(-c2ccc3ccc4ccccc4c3n2)c1. The molecule has 3 aromatic carbocycles. The molecule has 0 saturated carbocycles. The summed E-state index contributed by atoms with van der Waals surface area (Å²) in [5, 5.41) is 3.64. The number of hydrogen-bond acceptors (Lipinski definition) is 1. The Balaban J connectivity index is 2.01. The minimum Gasteiger partial charge on any atom is -0.247 e. The molecule has 0 fully saturated rings. The van der Waals surface area contributed by atoms with Crippen LogP contribution in [0.5, 0.6) is 0 Å². The highest BCUT2D eigenvalue weighted by atomic mass is 14.7. The summed E-state index contributed by atoms with van der Waals surface area (Å²) >= 11 is 0. The Bertz CT molecular complexity index is 979. The molecule has 0 atom stereocenters. The molecular weight excluding hydrogens is 266 g/mol. The molecule has 0 bridgehead atoms. The topological polar surface area (TPSA) is 12.9 Å². The van der Waals surface area contributed by atoms with Gasteiger partial charge in [0.1, 0.15) is 0 Å². The van der Waals surface area contributed by atoms with Crippen LogP contribution in [0, 0.1) is 13.8 Å². The molecular formula is C21H17N. The van der Waals surface area contributed by atoms with Crippen molar-refractivity contribution in [1.82, 2.24) is 4.98 Å². The van der Waals surface area contributed by atoms with Crippen LogP contribution in [-0.4, -0.2) is 4.98 Å². The molecule has 0 radical (unpaired) electrons. The largest absolute Gasteiger partial charge is 0.247 e. The highest BCUT2D eigenvalue weighted by Gasteiger charge is 2.06. The van der Waals surface area contributed by atoms with E-state index in [0.29, 0.717) is 0 Å². The minimum atomic E-state index is 1.04. The van der Waals surface area contributed by atoms with Gasteiger partial charge in [-0.1, -0.05) is 59.7 Å². The van der Waals surface area contributed by atoms with Crippen molar-refractivity contribution in [3.05, 3.63) is 77.9 Å². The zero-order valence-corrected chi connectivity index (χ0v) is 12.8. The van der Waals surface area contributed by atoms with Gasteiger partial charge in [-0.05, 0) is 37.4 Å². The molecule has 0 saturated heterocycles. The van der Waals surface area contributed by atoms with Crippen LogP contribution in [0.2, 0.25) is 0 Å². The molecule has 0 aliphatic carbocycles. The average Bonchev–Trinajstić information content (AvgIpc) is 2.53. The van der Waals surface area contributed by atoms with E-state index in [1.54, 1.807) is 0 Å². The van der Waals surface area contributed by atoms with Gasteiger partial charge in [0.25, 0.3) is 0 Å². The molecule has 0 spiro atoms. The molecule has 1 heteroatoms. The minimum absolute atomic E-state index is 1.04. The van der Waals surface area contributed by atoms with E-state index in [2.05, 4.69) is 80.6 Å². The van der Waals surface area contributed by atoms with Crippen molar-refractivity contribution in [1.29, 1.82) is 0 Å². The van der Waals surface area contributed by atoms with Gasteiger partial charge in [0.2, 0.25) is 0 Å². The molecule has 1 aromatic heterocycles. The summed E-state index contributed by atoms with van der Waals surface area (Å²) < 4.78 is 0. The standard InChI is InChI=1S/C21H17N/c1-14-11-15(2)13-18(12-14)20-10-9-17-8-7-16-5-3-4-6-19(16)21(17)22-20/h3-13H,1-2H3. The summed E-state index contributed by atoms with van der Waals surface area (Å²) in [6.45, 7) is 4.26. The molecule has 22 heavy (non-hydrogen) atoms. The lowest BCUT2D eigenvalue weighted by molar-refractivity contribution is 1.35. The molecule has 4 rings (SSSR count). The van der Waals surface area contributed by atoms with Crippen LogP contribution in [0.3, 0.4) is 0 Å². The molecule has 4 aromatic rings. The summed E-state index contributed by atoms with van der Waals surface area (Å²) in [6.07, 6.45) is 0. The maximum Gasteiger partial charge on any atom is 0.0787 e. The number of aromatic nitrogens is 1. The van der Waals surface area contributed by atoms with Crippen molar-refractivity contribution >= 4 is 21.7 Å². The third kappa shape index (κ3) is 2.15. The second kappa shape index (κ2) is 4.96. The fourth-order valence-corrected chi connectivity index (χ4v) is 3.14. The van der Waals surface area contributed by atoms with Crippen molar-refractivity contribution in [3.63, 3.8) is 0 Å². The smallest absolute Gasteiger partial charge is 0.0787 e. The zero-order valence-electron chi connectivity index (χ0n) is 12.8. The Hall–Kier alpha value is -2.67. The third-order valence-electron chi connectivity index (χ3n) is 4.10. The Morgan fingerprint density at radius 3 is 2.18 bits per heavy atom. The molecule has 1 nitrogen and oxygen atoms in total. The highest BCUT2D eigenvalue weighted by molar-refractivity contribution is 6.05. The van der Waals surface area contributed by atoms with Crippen LogP contribution in [0.15, 0.2) is 66.7 Å². The van der Waals surface area contributed by atoms with Gasteiger partial charge >= 0.3 is 0 Å². The average molecular weight is 283 g/mol. The first-order chi connectivity index (χ1) is 10.7. The fourth-order valence-electron chi connectivity index (χ4n) is 3.14. The first-order valence-electron chi connectivity index (χ1n) is 7.58. The van der Waals surface area contributed by atoms with Crippen LogP contribution >= 0.6 is 0 Å². The summed E-state index contributed by atoms with van der Waals surface area (Å²) in [7, 11) is 0. The van der Waals surface area contributed by atoms with Gasteiger partial charge in [-0.15, -0.1) is 0 Å². The Morgan fingerprint density at radius 2 is 1.36 bits per heavy atom. The molecule has 0 N–H and O–H groups in total. The second-order valence-electron chi connectivity index (χ2n) is 5.93. The van der Waals surface area contributed by atoms with Crippen LogP contribution in [0.1, 0.15) is 11.1 Å². The van der Waals surface area contributed by atoms with E-state index in [-0.39, 0.29) is 0 Å². The van der Waals surface area contributed by atoms with E-state index in [1.807, 2.05) is 0 Å². The predicted molar refractivity (Wildman–Crippen MR) is 94.2 cm³/mol. The second-order valence-corrected chi connectivity index (χ2v) is 5.93. The first kappa shape index (κ1) is 13.0. The van der Waals surface area contributed by atoms with E-state index in [9.17, 15) is 0 Å². The summed E-state index contributed by atoms with van der Waals surface area (Å²) in [4.78, 5) is 4.96. The van der Waals surface area contributed by atoms with E-state index in [4.69, 9.17) is 4.98 Å². The van der Waals surface area contributed by atoms with Gasteiger partial charge in [0.15, 0.2) is 0 Å². The van der Waals surface area contributed by atoms with Crippen molar-refractivity contribution in [2.75, 3.05) is 0 Å². The van der Waals surface area contributed by atoms with Crippen molar-refractivity contribution in [2.45, 2.75) is 13.8 Å². The van der Waals surface area contributed by atoms with Crippen LogP contribution < -0.4 is 0 Å². The van der Waals surface area contributed by atoms with Gasteiger partial charge in [-0.3, -0.25) is 0 Å². The van der Waals surface area contributed by atoms with Crippen molar-refractivity contribution in [3.8, 4) is 11.3 Å². The highest BCUT2D eigenvalue weighted by Crippen LogP contribution is 2.27. The van der Waals surface area contributed by atoms with E-state index in [0.717, 1.165) is 11.2 Å². The maximum absolute atomic E-state index is 4.96. The van der Waals surface area contributed by atoms with Crippen molar-refractivity contribution in [2.24, 2.45) is 0 Å². The fraction of sp³-hybridized carbons (Fsp3) is 0.0952. The summed E-state index contributed by atoms with van der Waals surface area (Å²) in [5.74, 6) is 0. The molecule has 0 unspecified atom stereocenters. The summed E-state index contributed by atoms with van der Waals surface area (Å²) in [6, 6.07) is 23.6. The molecule has 106 valence electrons. The van der Waals surface area contributed by atoms with E-state index >= 15 is 0 Å². The lowest BCUT2D eigenvalue weighted by Gasteiger charge is -2.08. The monoisotopic (exact) mass is 283 g/mol. The van der Waals surface area contributed by atoms with Gasteiger partial charge < -0.3 is 0 Å². The zero-order chi connectivity index (χ0) is 15.1. The molecule has 1 heterocycles. The van der Waals surface area contributed by atoms with Gasteiger partial charge in [-0.25, -0.2) is 4.98 Å². The number of rotatable bonds is 1. The Labute approximate surface area is 130 Å². The lowest BCUT2D eigenvalue weighted by Crippen LogP contribution is -1.88. The number of nitrogens with zero attached hydrogens (tertiary/aromatic N) is 1. The van der Waals surface area contributed by atoms with Crippen LogP contribution in [-0.2, 0) is 0 Å². The normalized spacial score (nSPS) is 11.2. The van der Waals surface area contributed by atoms with Gasteiger partial charge in [0.05, 0.1) is 11.2 Å². The number of pyridine rings is 1. The quantitative estimate of drug-likeness (QED) is 0.410. The Kier molecular flexibility index (Phi) is 2.93. The van der Waals surface area contributed by atoms with E-state index < -0.39 is 0 Å². The molecule has 0 aliphatic heterocycles.